The molecule has 2 heteroatoms. The summed E-state index contributed by atoms with van der Waals surface area (Å²) in [7, 11) is 0. The zero-order chi connectivity index (χ0) is 6.53. The molecule has 0 aromatic rings. The smallest absolute Gasteiger partial charge is 0.0174 e. The van der Waals surface area contributed by atoms with Gasteiger partial charge in [0.05, 0.1) is 0 Å². The fourth-order valence-corrected chi connectivity index (χ4v) is 1.23. The first-order valence-corrected chi connectivity index (χ1v) is 3.84. The van der Waals surface area contributed by atoms with E-state index in [0.717, 1.165) is 6.54 Å². The lowest BCUT2D eigenvalue weighted by Gasteiger charge is -2.09. The minimum Gasteiger partial charge on any atom is -0.300 e. The Balaban J connectivity index is 2.11. The molecule has 9 heavy (non-hydrogen) atoms. The topological polar surface area (TPSA) is 3.24 Å². The van der Waals surface area contributed by atoms with Gasteiger partial charge in [0, 0.05) is 12.1 Å². The van der Waals surface area contributed by atoms with Gasteiger partial charge in [0.1, 0.15) is 0 Å². The minimum absolute atomic E-state index is 1.03. The van der Waals surface area contributed by atoms with Crippen molar-refractivity contribution in [2.45, 2.75) is 12.8 Å². The highest BCUT2D eigenvalue weighted by molar-refractivity contribution is 6.25. The Morgan fingerprint density at radius 3 is 2.56 bits per heavy atom. The third kappa shape index (κ3) is 2.37. The summed E-state index contributed by atoms with van der Waals surface area (Å²) >= 11 is 5.37. The molecule has 0 bridgehead atoms. The van der Waals surface area contributed by atoms with E-state index in [1.54, 1.807) is 5.54 Å². The summed E-state index contributed by atoms with van der Waals surface area (Å²) < 4.78 is 0. The van der Waals surface area contributed by atoms with E-state index in [9.17, 15) is 0 Å². The molecule has 0 saturated carbocycles. The Hall–Kier alpha value is -0.0100. The van der Waals surface area contributed by atoms with Gasteiger partial charge in [-0.05, 0) is 25.9 Å². The van der Waals surface area contributed by atoms with Gasteiger partial charge in [0.2, 0.25) is 0 Å². The lowest BCUT2D eigenvalue weighted by atomic mass is 10.4. The molecule has 52 valence electrons. The van der Waals surface area contributed by atoms with E-state index in [0.29, 0.717) is 0 Å². The maximum Gasteiger partial charge on any atom is 0.0174 e. The Bertz CT molecular complexity index is 95.1. The molecule has 0 aromatic heterocycles. The van der Waals surface area contributed by atoms with Crippen LogP contribution in [0.3, 0.4) is 0 Å². The summed E-state index contributed by atoms with van der Waals surface area (Å²) in [5.74, 6) is 0. The SMILES string of the molecule is ClC=CCN1CCCC1. The van der Waals surface area contributed by atoms with Crippen LogP contribution in [0.2, 0.25) is 0 Å². The van der Waals surface area contributed by atoms with Crippen LogP contribution >= 0.6 is 11.6 Å². The number of hydrogen-bond acceptors (Lipinski definition) is 1. The molecule has 0 aliphatic carbocycles. The summed E-state index contributed by atoms with van der Waals surface area (Å²) in [6.07, 6.45) is 4.71. The van der Waals surface area contributed by atoms with E-state index in [-0.39, 0.29) is 0 Å². The van der Waals surface area contributed by atoms with Gasteiger partial charge in [-0.15, -0.1) is 0 Å². The molecule has 1 saturated heterocycles. The quantitative estimate of drug-likeness (QED) is 0.573. The van der Waals surface area contributed by atoms with Crippen LogP contribution in [0.25, 0.3) is 0 Å². The fraction of sp³-hybridized carbons (Fsp3) is 0.714. The van der Waals surface area contributed by atoms with Crippen LogP contribution in [0.1, 0.15) is 12.8 Å². The second-order valence-corrected chi connectivity index (χ2v) is 2.62. The fourth-order valence-electron chi connectivity index (χ4n) is 1.15. The zero-order valence-electron chi connectivity index (χ0n) is 5.52. The number of rotatable bonds is 2. The predicted octanol–water partition coefficient (Wildman–Crippen LogP) is 1.83. The van der Waals surface area contributed by atoms with Crippen LogP contribution < -0.4 is 0 Å². The van der Waals surface area contributed by atoms with E-state index in [4.69, 9.17) is 11.6 Å². The molecule has 1 fully saturated rings. The second-order valence-electron chi connectivity index (χ2n) is 2.37. The monoisotopic (exact) mass is 145 g/mol. The third-order valence-corrected chi connectivity index (χ3v) is 1.83. The predicted molar refractivity (Wildman–Crippen MR) is 40.7 cm³/mol. The largest absolute Gasteiger partial charge is 0.300 e. The summed E-state index contributed by atoms with van der Waals surface area (Å²) in [4.78, 5) is 2.40. The third-order valence-electron chi connectivity index (χ3n) is 1.65. The van der Waals surface area contributed by atoms with Crippen LogP contribution in [0.15, 0.2) is 11.6 Å². The summed E-state index contributed by atoms with van der Waals surface area (Å²) in [5, 5.41) is 0. The van der Waals surface area contributed by atoms with Crippen LogP contribution in [0.5, 0.6) is 0 Å². The van der Waals surface area contributed by atoms with Gasteiger partial charge < -0.3 is 0 Å². The molecule has 0 aromatic carbocycles. The molecule has 0 atom stereocenters. The molecule has 0 N–H and O–H groups in total. The molecule has 0 radical (unpaired) electrons. The van der Waals surface area contributed by atoms with Crippen molar-refractivity contribution in [1.82, 2.24) is 4.90 Å². The van der Waals surface area contributed by atoms with Gasteiger partial charge in [0.25, 0.3) is 0 Å². The Morgan fingerprint density at radius 2 is 2.00 bits per heavy atom. The minimum atomic E-state index is 1.03. The van der Waals surface area contributed by atoms with Crippen LogP contribution in [-0.4, -0.2) is 24.5 Å². The second kappa shape index (κ2) is 3.91. The van der Waals surface area contributed by atoms with E-state index in [1.165, 1.54) is 25.9 Å². The van der Waals surface area contributed by atoms with Crippen LogP contribution in [-0.2, 0) is 0 Å². The van der Waals surface area contributed by atoms with Crippen molar-refractivity contribution < 1.29 is 0 Å². The Kier molecular flexibility index (Phi) is 3.09. The molecule has 0 unspecified atom stereocenters. The van der Waals surface area contributed by atoms with E-state index in [2.05, 4.69) is 4.90 Å². The van der Waals surface area contributed by atoms with Gasteiger partial charge in [-0.2, -0.15) is 0 Å². The molecule has 1 aliphatic rings. The van der Waals surface area contributed by atoms with Crippen LogP contribution in [0.4, 0.5) is 0 Å². The molecule has 0 amide bonds. The van der Waals surface area contributed by atoms with Crippen molar-refractivity contribution in [2.24, 2.45) is 0 Å². The molecule has 1 rings (SSSR count). The molecular formula is C7H12ClN. The highest BCUT2D eigenvalue weighted by Crippen LogP contribution is 2.06. The normalized spacial score (nSPS) is 21.9. The molecule has 1 nitrogen and oxygen atoms in total. The van der Waals surface area contributed by atoms with E-state index in [1.807, 2.05) is 6.08 Å². The number of hydrogen-bond donors (Lipinski definition) is 0. The standard InChI is InChI=1S/C7H12ClN/c8-4-3-7-9-5-1-2-6-9/h3-4H,1-2,5-7H2. The zero-order valence-corrected chi connectivity index (χ0v) is 6.27. The van der Waals surface area contributed by atoms with E-state index >= 15 is 0 Å². The van der Waals surface area contributed by atoms with Crippen LogP contribution in [0, 0.1) is 0 Å². The maximum atomic E-state index is 5.37. The highest BCUT2D eigenvalue weighted by atomic mass is 35.5. The lowest BCUT2D eigenvalue weighted by Crippen LogP contribution is -2.18. The molecule has 0 spiro atoms. The number of halogens is 1. The maximum absolute atomic E-state index is 5.37. The van der Waals surface area contributed by atoms with Gasteiger partial charge in [-0.3, -0.25) is 4.90 Å². The van der Waals surface area contributed by atoms with Gasteiger partial charge in [-0.25, -0.2) is 0 Å². The first kappa shape index (κ1) is 7.10. The molecule has 1 aliphatic heterocycles. The molecule has 1 heterocycles. The Labute approximate surface area is 61.3 Å². The van der Waals surface area contributed by atoms with Crippen molar-refractivity contribution in [1.29, 1.82) is 0 Å². The van der Waals surface area contributed by atoms with Crippen molar-refractivity contribution in [2.75, 3.05) is 19.6 Å². The first-order chi connectivity index (χ1) is 4.43. The van der Waals surface area contributed by atoms with Gasteiger partial charge in [-0.1, -0.05) is 17.7 Å². The average molecular weight is 146 g/mol. The summed E-state index contributed by atoms with van der Waals surface area (Å²) in [6, 6.07) is 0. The lowest BCUT2D eigenvalue weighted by molar-refractivity contribution is 0.377. The van der Waals surface area contributed by atoms with Crippen molar-refractivity contribution >= 4 is 11.6 Å². The average Bonchev–Trinajstić information content (AvgIpc) is 2.34. The van der Waals surface area contributed by atoms with Gasteiger partial charge >= 0.3 is 0 Å². The summed E-state index contributed by atoms with van der Waals surface area (Å²) in [5.41, 5.74) is 1.60. The summed E-state index contributed by atoms with van der Waals surface area (Å²) in [6.45, 7) is 3.53. The van der Waals surface area contributed by atoms with E-state index < -0.39 is 0 Å². The highest BCUT2D eigenvalue weighted by Gasteiger charge is 2.08. The Morgan fingerprint density at radius 1 is 1.33 bits per heavy atom. The van der Waals surface area contributed by atoms with Crippen molar-refractivity contribution in [3.8, 4) is 0 Å². The van der Waals surface area contributed by atoms with Gasteiger partial charge in [0.15, 0.2) is 0 Å². The number of likely N-dealkylation sites (tertiary alicyclic amines) is 1. The molecular weight excluding hydrogens is 134 g/mol. The first-order valence-electron chi connectivity index (χ1n) is 3.41. The van der Waals surface area contributed by atoms with Crippen molar-refractivity contribution in [3.05, 3.63) is 11.6 Å². The van der Waals surface area contributed by atoms with Crippen molar-refractivity contribution in [3.63, 3.8) is 0 Å². The number of nitrogens with zero attached hydrogens (tertiary/aromatic N) is 1.